The Hall–Kier alpha value is -1.94. The van der Waals surface area contributed by atoms with Gasteiger partial charge in [-0.15, -0.1) is 0 Å². The number of aromatic nitrogens is 1. The fraction of sp³-hybridized carbons (Fsp3) is 0.412. The van der Waals surface area contributed by atoms with E-state index < -0.39 is 0 Å². The lowest BCUT2D eigenvalue weighted by molar-refractivity contribution is 0.583. The maximum absolute atomic E-state index is 5.74. The van der Waals surface area contributed by atoms with E-state index in [1.807, 2.05) is 24.4 Å². The molecule has 0 spiro atoms. The van der Waals surface area contributed by atoms with Crippen LogP contribution in [0.4, 0.5) is 0 Å². The molecule has 0 radical (unpaired) electrons. The first kappa shape index (κ1) is 14.0. The minimum Gasteiger partial charge on any atom is -0.308 e. The van der Waals surface area contributed by atoms with Crippen molar-refractivity contribution in [3.05, 3.63) is 42.1 Å². The number of nitrogens with two attached hydrogens (primary N) is 1. The number of nitrogens with zero attached hydrogens (tertiary/aromatic N) is 2. The molecular formula is C17H22N4. The van der Waals surface area contributed by atoms with Gasteiger partial charge in [0.2, 0.25) is 0 Å². The number of nitrogens with one attached hydrogen (secondary N) is 1. The molecular weight excluding hydrogens is 260 g/mol. The molecule has 1 fully saturated rings. The molecule has 4 heteroatoms. The summed E-state index contributed by atoms with van der Waals surface area (Å²) < 4.78 is 0. The average Bonchev–Trinajstić information content (AvgIpc) is 2.81. The number of para-hydroxylation sites is 1. The van der Waals surface area contributed by atoms with E-state index in [4.69, 9.17) is 10.8 Å². The normalized spacial score (nSPS) is 17.7. The number of hydrogen-bond acceptors (Lipinski definition) is 3. The minimum absolute atomic E-state index is 0.373. The second-order valence-corrected chi connectivity index (χ2v) is 5.65. The van der Waals surface area contributed by atoms with Crippen LogP contribution in [0.1, 0.15) is 44.1 Å². The first-order chi connectivity index (χ1) is 10.4. The molecule has 0 saturated heterocycles. The van der Waals surface area contributed by atoms with Crippen molar-refractivity contribution in [2.75, 3.05) is 0 Å². The third kappa shape index (κ3) is 3.22. The lowest BCUT2D eigenvalue weighted by atomic mass is 10.1. The highest BCUT2D eigenvalue weighted by Gasteiger charge is 2.14. The first-order valence-electron chi connectivity index (χ1n) is 7.77. The van der Waals surface area contributed by atoms with Crippen molar-refractivity contribution in [3.63, 3.8) is 0 Å². The molecule has 2 aromatic rings. The topological polar surface area (TPSA) is 63.3 Å². The second-order valence-electron chi connectivity index (χ2n) is 5.65. The SMILES string of the molecule is NNC(=NC1CCCCCC1)c1cccc2cccnc12. The van der Waals surface area contributed by atoms with Gasteiger partial charge in [0.1, 0.15) is 5.84 Å². The Bertz CT molecular complexity index is 622. The van der Waals surface area contributed by atoms with E-state index >= 15 is 0 Å². The maximum Gasteiger partial charge on any atom is 0.145 e. The first-order valence-corrected chi connectivity index (χ1v) is 7.77. The number of fused-ring (bicyclic) bond motifs is 1. The van der Waals surface area contributed by atoms with E-state index in [0.717, 1.165) is 35.1 Å². The van der Waals surface area contributed by atoms with Crippen molar-refractivity contribution < 1.29 is 0 Å². The molecule has 1 saturated carbocycles. The third-order valence-corrected chi connectivity index (χ3v) is 4.16. The Morgan fingerprint density at radius 1 is 1.10 bits per heavy atom. The van der Waals surface area contributed by atoms with E-state index in [0.29, 0.717) is 6.04 Å². The van der Waals surface area contributed by atoms with Crippen LogP contribution in [0.15, 0.2) is 41.5 Å². The summed E-state index contributed by atoms with van der Waals surface area (Å²) in [6, 6.07) is 10.5. The number of amidine groups is 1. The molecule has 0 aliphatic heterocycles. The molecule has 3 rings (SSSR count). The molecule has 1 aromatic heterocycles. The van der Waals surface area contributed by atoms with Crippen LogP contribution in [-0.4, -0.2) is 16.9 Å². The quantitative estimate of drug-likeness (QED) is 0.292. The lowest BCUT2D eigenvalue weighted by Crippen LogP contribution is -2.32. The lowest BCUT2D eigenvalue weighted by Gasteiger charge is -2.14. The third-order valence-electron chi connectivity index (χ3n) is 4.16. The van der Waals surface area contributed by atoms with Crippen molar-refractivity contribution in [2.45, 2.75) is 44.6 Å². The van der Waals surface area contributed by atoms with E-state index in [1.165, 1.54) is 25.7 Å². The average molecular weight is 282 g/mol. The van der Waals surface area contributed by atoms with Gasteiger partial charge in [-0.25, -0.2) is 5.84 Å². The highest BCUT2D eigenvalue weighted by atomic mass is 15.3. The van der Waals surface area contributed by atoms with Crippen LogP contribution >= 0.6 is 0 Å². The van der Waals surface area contributed by atoms with Crippen LogP contribution < -0.4 is 11.3 Å². The predicted molar refractivity (Wildman–Crippen MR) is 87.1 cm³/mol. The molecule has 3 N–H and O–H groups in total. The zero-order chi connectivity index (χ0) is 14.5. The predicted octanol–water partition coefficient (Wildman–Crippen LogP) is 3.17. The van der Waals surface area contributed by atoms with Gasteiger partial charge in [-0.1, -0.05) is 43.9 Å². The smallest absolute Gasteiger partial charge is 0.145 e. The Kier molecular flexibility index (Phi) is 4.46. The van der Waals surface area contributed by atoms with Crippen molar-refractivity contribution in [2.24, 2.45) is 10.8 Å². The zero-order valence-electron chi connectivity index (χ0n) is 12.3. The molecule has 4 nitrogen and oxygen atoms in total. The monoisotopic (exact) mass is 282 g/mol. The van der Waals surface area contributed by atoms with E-state index in [2.05, 4.69) is 22.5 Å². The van der Waals surface area contributed by atoms with Crippen molar-refractivity contribution in [3.8, 4) is 0 Å². The number of rotatable bonds is 2. The van der Waals surface area contributed by atoms with Gasteiger partial charge in [0.15, 0.2) is 0 Å². The van der Waals surface area contributed by atoms with Crippen LogP contribution in [0.25, 0.3) is 10.9 Å². The van der Waals surface area contributed by atoms with Crippen molar-refractivity contribution in [1.82, 2.24) is 10.4 Å². The molecule has 1 heterocycles. The van der Waals surface area contributed by atoms with Crippen LogP contribution in [-0.2, 0) is 0 Å². The molecule has 0 amide bonds. The Balaban J connectivity index is 1.97. The van der Waals surface area contributed by atoms with Crippen LogP contribution in [0, 0.1) is 0 Å². The van der Waals surface area contributed by atoms with Crippen molar-refractivity contribution >= 4 is 16.7 Å². The standard InChI is InChI=1S/C17H22N4/c18-21-17(20-14-9-3-1-2-4-10-14)15-11-5-7-13-8-6-12-19-16(13)15/h5-8,11-12,14H,1-4,9-10,18H2,(H,20,21). The summed E-state index contributed by atoms with van der Waals surface area (Å²) in [5.74, 6) is 6.50. The molecule has 0 atom stereocenters. The summed E-state index contributed by atoms with van der Waals surface area (Å²) in [5.41, 5.74) is 4.72. The highest BCUT2D eigenvalue weighted by molar-refractivity contribution is 6.08. The van der Waals surface area contributed by atoms with Gasteiger partial charge in [0.05, 0.1) is 11.6 Å². The number of aliphatic imine (C=N–C) groups is 1. The zero-order valence-corrected chi connectivity index (χ0v) is 12.3. The summed E-state index contributed by atoms with van der Waals surface area (Å²) in [6.07, 6.45) is 9.30. The second kappa shape index (κ2) is 6.68. The molecule has 1 aromatic carbocycles. The summed E-state index contributed by atoms with van der Waals surface area (Å²) in [4.78, 5) is 9.36. The summed E-state index contributed by atoms with van der Waals surface area (Å²) >= 11 is 0. The van der Waals surface area contributed by atoms with E-state index in [9.17, 15) is 0 Å². The molecule has 110 valence electrons. The van der Waals surface area contributed by atoms with E-state index in [1.54, 1.807) is 0 Å². The Morgan fingerprint density at radius 3 is 2.62 bits per heavy atom. The molecule has 21 heavy (non-hydrogen) atoms. The maximum atomic E-state index is 5.74. The summed E-state index contributed by atoms with van der Waals surface area (Å²) in [7, 11) is 0. The number of hydrogen-bond donors (Lipinski definition) is 2. The number of pyridine rings is 1. The van der Waals surface area contributed by atoms with Gasteiger partial charge >= 0.3 is 0 Å². The molecule has 1 aliphatic carbocycles. The number of benzene rings is 1. The van der Waals surface area contributed by atoms with Gasteiger partial charge in [-0.05, 0) is 25.0 Å². The molecule has 1 aliphatic rings. The number of hydrazine groups is 1. The minimum atomic E-state index is 0.373. The fourth-order valence-corrected chi connectivity index (χ4v) is 3.05. The molecule has 0 unspecified atom stereocenters. The Morgan fingerprint density at radius 2 is 1.86 bits per heavy atom. The van der Waals surface area contributed by atoms with E-state index in [-0.39, 0.29) is 0 Å². The van der Waals surface area contributed by atoms with Gasteiger partial charge in [-0.2, -0.15) is 0 Å². The van der Waals surface area contributed by atoms with Gasteiger partial charge in [-0.3, -0.25) is 9.98 Å². The highest BCUT2D eigenvalue weighted by Crippen LogP contribution is 2.22. The van der Waals surface area contributed by atoms with Crippen LogP contribution in [0.2, 0.25) is 0 Å². The van der Waals surface area contributed by atoms with Crippen LogP contribution in [0.5, 0.6) is 0 Å². The van der Waals surface area contributed by atoms with Crippen molar-refractivity contribution in [1.29, 1.82) is 0 Å². The van der Waals surface area contributed by atoms with Gasteiger partial charge < -0.3 is 5.43 Å². The Labute approximate surface area is 125 Å². The summed E-state index contributed by atoms with van der Waals surface area (Å²) in [6.45, 7) is 0. The van der Waals surface area contributed by atoms with Gasteiger partial charge in [0.25, 0.3) is 0 Å². The van der Waals surface area contributed by atoms with Crippen LogP contribution in [0.3, 0.4) is 0 Å². The summed E-state index contributed by atoms with van der Waals surface area (Å²) in [5, 5.41) is 1.11. The largest absolute Gasteiger partial charge is 0.308 e. The van der Waals surface area contributed by atoms with Gasteiger partial charge in [0, 0.05) is 17.1 Å². The molecule has 0 bridgehead atoms. The fourth-order valence-electron chi connectivity index (χ4n) is 3.05.